The zero-order valence-electron chi connectivity index (χ0n) is 13.3. The van der Waals surface area contributed by atoms with Crippen LogP contribution in [0.15, 0.2) is 24.3 Å². The molecule has 1 saturated heterocycles. The van der Waals surface area contributed by atoms with E-state index in [9.17, 15) is 14.9 Å². The SMILES string of the molecule is C[C@@H]1C[C@@H](C)C[NH+]([C@@H](C)C(=O)Nc2ccccc2[N+](=O)[O-])C1. The van der Waals surface area contributed by atoms with Crippen LogP contribution in [0.1, 0.15) is 27.2 Å². The van der Waals surface area contributed by atoms with Crippen LogP contribution in [0.4, 0.5) is 11.4 Å². The lowest BCUT2D eigenvalue weighted by atomic mass is 9.91. The van der Waals surface area contributed by atoms with E-state index in [1.807, 2.05) is 6.92 Å². The second kappa shape index (κ2) is 6.87. The van der Waals surface area contributed by atoms with Crippen molar-refractivity contribution in [2.75, 3.05) is 18.4 Å². The topological polar surface area (TPSA) is 76.7 Å². The lowest BCUT2D eigenvalue weighted by Crippen LogP contribution is -3.18. The molecule has 6 nitrogen and oxygen atoms in total. The summed E-state index contributed by atoms with van der Waals surface area (Å²) >= 11 is 0. The van der Waals surface area contributed by atoms with Crippen molar-refractivity contribution in [1.82, 2.24) is 0 Å². The van der Waals surface area contributed by atoms with Crippen LogP contribution in [0.25, 0.3) is 0 Å². The molecule has 0 unspecified atom stereocenters. The van der Waals surface area contributed by atoms with Crippen molar-refractivity contribution < 1.29 is 14.6 Å². The second-order valence-electron chi connectivity index (χ2n) is 6.50. The number of carbonyl (C=O) groups excluding carboxylic acids is 1. The molecule has 0 aromatic heterocycles. The molecule has 0 saturated carbocycles. The van der Waals surface area contributed by atoms with E-state index in [4.69, 9.17) is 0 Å². The fourth-order valence-electron chi connectivity index (χ4n) is 3.35. The fraction of sp³-hybridized carbons (Fsp3) is 0.562. The number of carbonyl (C=O) groups is 1. The summed E-state index contributed by atoms with van der Waals surface area (Å²) in [6, 6.07) is 6.03. The summed E-state index contributed by atoms with van der Waals surface area (Å²) in [5.74, 6) is 1.03. The Morgan fingerprint density at radius 2 is 1.91 bits per heavy atom. The number of rotatable bonds is 4. The van der Waals surface area contributed by atoms with Gasteiger partial charge in [0.15, 0.2) is 6.04 Å². The molecule has 1 heterocycles. The number of nitrogens with one attached hydrogen (secondary N) is 2. The number of quaternary nitrogens is 1. The molecule has 0 bridgehead atoms. The Morgan fingerprint density at radius 1 is 1.32 bits per heavy atom. The van der Waals surface area contributed by atoms with Gasteiger partial charge >= 0.3 is 0 Å². The highest BCUT2D eigenvalue weighted by molar-refractivity contribution is 5.95. The molecule has 120 valence electrons. The van der Waals surface area contributed by atoms with Crippen LogP contribution in [0.3, 0.4) is 0 Å². The summed E-state index contributed by atoms with van der Waals surface area (Å²) < 4.78 is 0. The first-order chi connectivity index (χ1) is 10.4. The number of amides is 1. The minimum atomic E-state index is -0.474. The molecular formula is C16H24N3O3+. The summed E-state index contributed by atoms with van der Waals surface area (Å²) in [6.07, 6.45) is 1.20. The minimum absolute atomic E-state index is 0.0709. The van der Waals surface area contributed by atoms with Gasteiger partial charge in [0, 0.05) is 17.9 Å². The highest BCUT2D eigenvalue weighted by Crippen LogP contribution is 2.23. The maximum absolute atomic E-state index is 12.4. The molecule has 22 heavy (non-hydrogen) atoms. The largest absolute Gasteiger partial charge is 0.324 e. The van der Waals surface area contributed by atoms with Gasteiger partial charge < -0.3 is 10.2 Å². The predicted molar refractivity (Wildman–Crippen MR) is 84.8 cm³/mol. The highest BCUT2D eigenvalue weighted by atomic mass is 16.6. The molecule has 0 aliphatic carbocycles. The van der Waals surface area contributed by atoms with Crippen molar-refractivity contribution in [3.8, 4) is 0 Å². The third kappa shape index (κ3) is 3.82. The lowest BCUT2D eigenvalue weighted by Gasteiger charge is -2.35. The van der Waals surface area contributed by atoms with Crippen molar-refractivity contribution >= 4 is 17.3 Å². The van der Waals surface area contributed by atoms with Crippen LogP contribution in [-0.4, -0.2) is 30.0 Å². The van der Waals surface area contributed by atoms with Crippen LogP contribution >= 0.6 is 0 Å². The first kappa shape index (κ1) is 16.4. The van der Waals surface area contributed by atoms with Gasteiger partial charge in [-0.3, -0.25) is 14.9 Å². The van der Waals surface area contributed by atoms with Crippen molar-refractivity contribution in [1.29, 1.82) is 0 Å². The van der Waals surface area contributed by atoms with E-state index < -0.39 is 4.92 Å². The molecule has 6 heteroatoms. The monoisotopic (exact) mass is 306 g/mol. The average molecular weight is 306 g/mol. The Balaban J connectivity index is 2.07. The Hall–Kier alpha value is -1.95. The van der Waals surface area contributed by atoms with Gasteiger partial charge in [-0.05, 0) is 19.4 Å². The average Bonchev–Trinajstić information content (AvgIpc) is 2.45. The van der Waals surface area contributed by atoms with E-state index in [1.54, 1.807) is 18.2 Å². The maximum atomic E-state index is 12.4. The van der Waals surface area contributed by atoms with E-state index in [1.165, 1.54) is 17.4 Å². The number of piperidine rings is 1. The second-order valence-corrected chi connectivity index (χ2v) is 6.50. The van der Waals surface area contributed by atoms with Gasteiger partial charge in [-0.1, -0.05) is 26.0 Å². The molecule has 1 aliphatic heterocycles. The van der Waals surface area contributed by atoms with Crippen molar-refractivity contribution in [2.24, 2.45) is 11.8 Å². The third-order valence-corrected chi connectivity index (χ3v) is 4.39. The van der Waals surface area contributed by atoms with Gasteiger partial charge in [0.2, 0.25) is 0 Å². The Bertz CT molecular complexity index is 551. The van der Waals surface area contributed by atoms with E-state index in [2.05, 4.69) is 19.2 Å². The van der Waals surface area contributed by atoms with Gasteiger partial charge in [0.05, 0.1) is 18.0 Å². The van der Waals surface area contributed by atoms with E-state index in [0.717, 1.165) is 13.1 Å². The number of benzene rings is 1. The number of nitro groups is 1. The summed E-state index contributed by atoms with van der Waals surface area (Å²) in [6.45, 7) is 8.25. The first-order valence-corrected chi connectivity index (χ1v) is 7.77. The molecule has 2 N–H and O–H groups in total. The molecule has 1 fully saturated rings. The predicted octanol–water partition coefficient (Wildman–Crippen LogP) is 1.48. The highest BCUT2D eigenvalue weighted by Gasteiger charge is 2.33. The number of nitrogens with zero attached hydrogens (tertiary/aromatic N) is 1. The maximum Gasteiger partial charge on any atom is 0.292 e. The summed E-state index contributed by atoms with van der Waals surface area (Å²) in [5, 5.41) is 13.7. The summed E-state index contributed by atoms with van der Waals surface area (Å²) in [7, 11) is 0. The summed E-state index contributed by atoms with van der Waals surface area (Å²) in [5.41, 5.74) is 0.195. The van der Waals surface area contributed by atoms with Gasteiger partial charge in [-0.25, -0.2) is 0 Å². The normalized spacial score (nSPS) is 26.2. The number of para-hydroxylation sites is 2. The Kier molecular flexibility index (Phi) is 5.13. The van der Waals surface area contributed by atoms with E-state index in [0.29, 0.717) is 11.8 Å². The van der Waals surface area contributed by atoms with E-state index >= 15 is 0 Å². The van der Waals surface area contributed by atoms with Crippen LogP contribution in [0.2, 0.25) is 0 Å². The molecule has 3 atom stereocenters. The molecular weight excluding hydrogens is 282 g/mol. The molecule has 1 aromatic carbocycles. The van der Waals surface area contributed by atoms with Gasteiger partial charge in [-0.2, -0.15) is 0 Å². The fourth-order valence-corrected chi connectivity index (χ4v) is 3.35. The zero-order valence-corrected chi connectivity index (χ0v) is 13.3. The minimum Gasteiger partial charge on any atom is -0.324 e. The molecule has 2 rings (SSSR count). The van der Waals surface area contributed by atoms with Crippen LogP contribution in [0.5, 0.6) is 0 Å². The first-order valence-electron chi connectivity index (χ1n) is 7.77. The lowest BCUT2D eigenvalue weighted by molar-refractivity contribution is -0.925. The van der Waals surface area contributed by atoms with Crippen molar-refractivity contribution in [3.05, 3.63) is 34.4 Å². The summed E-state index contributed by atoms with van der Waals surface area (Å²) in [4.78, 5) is 24.2. The number of nitro benzene ring substituents is 1. The van der Waals surface area contributed by atoms with Crippen molar-refractivity contribution in [3.63, 3.8) is 0 Å². The zero-order chi connectivity index (χ0) is 16.3. The molecule has 1 aromatic rings. The van der Waals surface area contributed by atoms with Crippen LogP contribution < -0.4 is 10.2 Å². The van der Waals surface area contributed by atoms with Crippen LogP contribution in [0, 0.1) is 22.0 Å². The van der Waals surface area contributed by atoms with Crippen molar-refractivity contribution in [2.45, 2.75) is 33.2 Å². The third-order valence-electron chi connectivity index (χ3n) is 4.39. The molecule has 0 radical (unpaired) electrons. The number of likely N-dealkylation sites (tertiary alicyclic amines) is 1. The number of hydrogen-bond acceptors (Lipinski definition) is 3. The Labute approximate surface area is 130 Å². The Morgan fingerprint density at radius 3 is 2.50 bits per heavy atom. The molecule has 1 amide bonds. The molecule has 0 spiro atoms. The number of anilines is 1. The van der Waals surface area contributed by atoms with Gasteiger partial charge in [0.25, 0.3) is 11.6 Å². The molecule has 1 aliphatic rings. The van der Waals surface area contributed by atoms with Crippen LogP contribution in [-0.2, 0) is 4.79 Å². The van der Waals surface area contributed by atoms with E-state index in [-0.39, 0.29) is 23.3 Å². The van der Waals surface area contributed by atoms with Gasteiger partial charge in [0.1, 0.15) is 5.69 Å². The van der Waals surface area contributed by atoms with Gasteiger partial charge in [-0.15, -0.1) is 0 Å². The standard InChI is InChI=1S/C16H23N3O3/c1-11-8-12(2)10-18(9-11)13(3)16(20)17-14-6-4-5-7-15(14)19(21)22/h4-7,11-13H,8-10H2,1-3H3,(H,17,20)/p+1/t11-,12-,13+/m1/s1. The smallest absolute Gasteiger partial charge is 0.292 e. The number of hydrogen-bond donors (Lipinski definition) is 2. The quantitative estimate of drug-likeness (QED) is 0.653.